The zero-order chi connectivity index (χ0) is 14.8. The molecule has 0 fully saturated rings. The van der Waals surface area contributed by atoms with Gasteiger partial charge in [-0.1, -0.05) is 50.0 Å². The number of unbranched alkanes of at least 4 members (excludes halogenated alkanes) is 1. The molecule has 0 heterocycles. The molecule has 0 bridgehead atoms. The Labute approximate surface area is 122 Å². The van der Waals surface area contributed by atoms with E-state index in [0.717, 1.165) is 24.9 Å². The van der Waals surface area contributed by atoms with E-state index in [1.165, 1.54) is 5.56 Å². The van der Waals surface area contributed by atoms with Crippen LogP contribution in [0.25, 0.3) is 0 Å². The van der Waals surface area contributed by atoms with E-state index in [2.05, 4.69) is 44.0 Å². The third-order valence-electron chi connectivity index (χ3n) is 2.76. The zero-order valence-corrected chi connectivity index (χ0v) is 12.6. The molecule has 1 N–H and O–H groups in total. The van der Waals surface area contributed by atoms with Gasteiger partial charge in [-0.3, -0.25) is 4.79 Å². The molecule has 1 amide bonds. The van der Waals surface area contributed by atoms with Crippen molar-refractivity contribution in [1.29, 1.82) is 0 Å². The Morgan fingerprint density at radius 1 is 1.35 bits per heavy atom. The van der Waals surface area contributed by atoms with Crippen molar-refractivity contribution >= 4 is 5.91 Å². The predicted octanol–water partition coefficient (Wildman–Crippen LogP) is 3.46. The first kappa shape index (κ1) is 16.0. The Hall–Kier alpha value is -2.01. The summed E-state index contributed by atoms with van der Waals surface area (Å²) in [6.45, 7) is 6.93. The number of benzene rings is 1. The van der Waals surface area contributed by atoms with E-state index >= 15 is 0 Å². The standard InChI is InChI=1S/C18H23NO/c1-15(2)14-19-18(20)13-7-5-4-6-11-17-12-9-8-10-16(17)3/h7-10,12-13,15H,4-5,14H2,1-3H3,(H,19,20). The molecule has 2 nitrogen and oxygen atoms in total. The maximum absolute atomic E-state index is 11.4. The Morgan fingerprint density at radius 2 is 2.10 bits per heavy atom. The van der Waals surface area contributed by atoms with Gasteiger partial charge in [0.2, 0.25) is 5.91 Å². The molecule has 0 aromatic heterocycles. The second-order valence-corrected chi connectivity index (χ2v) is 5.20. The van der Waals surface area contributed by atoms with Crippen molar-refractivity contribution in [3.8, 4) is 11.8 Å². The van der Waals surface area contributed by atoms with Gasteiger partial charge in [-0.15, -0.1) is 0 Å². The van der Waals surface area contributed by atoms with Crippen molar-refractivity contribution in [1.82, 2.24) is 5.32 Å². The van der Waals surface area contributed by atoms with E-state index in [1.807, 2.05) is 24.3 Å². The van der Waals surface area contributed by atoms with Crippen LogP contribution in [0.1, 0.15) is 37.8 Å². The lowest BCUT2D eigenvalue weighted by atomic mass is 10.1. The minimum atomic E-state index is -0.0226. The van der Waals surface area contributed by atoms with Gasteiger partial charge in [0, 0.05) is 18.5 Å². The molecule has 1 rings (SSSR count). The first-order valence-electron chi connectivity index (χ1n) is 7.08. The van der Waals surface area contributed by atoms with Crippen LogP contribution in [0.4, 0.5) is 0 Å². The van der Waals surface area contributed by atoms with Crippen molar-refractivity contribution in [3.63, 3.8) is 0 Å². The van der Waals surface area contributed by atoms with Crippen molar-refractivity contribution in [2.45, 2.75) is 33.6 Å². The van der Waals surface area contributed by atoms with Crippen LogP contribution in [0.2, 0.25) is 0 Å². The van der Waals surface area contributed by atoms with Gasteiger partial charge < -0.3 is 5.32 Å². The summed E-state index contributed by atoms with van der Waals surface area (Å²) < 4.78 is 0. The van der Waals surface area contributed by atoms with Crippen LogP contribution < -0.4 is 5.32 Å². The van der Waals surface area contributed by atoms with E-state index in [-0.39, 0.29) is 5.91 Å². The first-order valence-corrected chi connectivity index (χ1v) is 7.08. The van der Waals surface area contributed by atoms with E-state index in [0.29, 0.717) is 5.92 Å². The van der Waals surface area contributed by atoms with Crippen LogP contribution in [-0.4, -0.2) is 12.5 Å². The summed E-state index contributed by atoms with van der Waals surface area (Å²) >= 11 is 0. The third kappa shape index (κ3) is 6.80. The summed E-state index contributed by atoms with van der Waals surface area (Å²) in [7, 11) is 0. The van der Waals surface area contributed by atoms with Crippen LogP contribution in [-0.2, 0) is 4.79 Å². The molecule has 0 aliphatic rings. The SMILES string of the molecule is Cc1ccccc1C#CCCC=CC(=O)NCC(C)C. The van der Waals surface area contributed by atoms with Crippen LogP contribution in [0.5, 0.6) is 0 Å². The third-order valence-corrected chi connectivity index (χ3v) is 2.76. The van der Waals surface area contributed by atoms with E-state index < -0.39 is 0 Å². The molecule has 0 saturated heterocycles. The lowest BCUT2D eigenvalue weighted by Crippen LogP contribution is -2.25. The van der Waals surface area contributed by atoms with Crippen molar-refractivity contribution < 1.29 is 4.79 Å². The number of carbonyl (C=O) groups excluding carboxylic acids is 1. The number of hydrogen-bond acceptors (Lipinski definition) is 1. The summed E-state index contributed by atoms with van der Waals surface area (Å²) in [6.07, 6.45) is 5.04. The highest BCUT2D eigenvalue weighted by Crippen LogP contribution is 2.04. The molecule has 0 unspecified atom stereocenters. The lowest BCUT2D eigenvalue weighted by molar-refractivity contribution is -0.116. The van der Waals surface area contributed by atoms with Crippen LogP contribution in [0.15, 0.2) is 36.4 Å². The van der Waals surface area contributed by atoms with Crippen LogP contribution in [0.3, 0.4) is 0 Å². The predicted molar refractivity (Wildman–Crippen MR) is 84.3 cm³/mol. The van der Waals surface area contributed by atoms with Gasteiger partial charge in [-0.05, 0) is 37.0 Å². The minimum absolute atomic E-state index is 0.0226. The molecule has 0 spiro atoms. The molecule has 0 saturated carbocycles. The maximum Gasteiger partial charge on any atom is 0.243 e. The zero-order valence-electron chi connectivity index (χ0n) is 12.6. The average Bonchev–Trinajstić information content (AvgIpc) is 2.42. The number of rotatable bonds is 5. The van der Waals surface area contributed by atoms with Crippen molar-refractivity contribution in [3.05, 3.63) is 47.5 Å². The van der Waals surface area contributed by atoms with Crippen LogP contribution in [0, 0.1) is 24.7 Å². The fourth-order valence-corrected chi connectivity index (χ4v) is 1.58. The monoisotopic (exact) mass is 269 g/mol. The molecule has 0 aliphatic carbocycles. The Morgan fingerprint density at radius 3 is 2.80 bits per heavy atom. The normalized spacial score (nSPS) is 10.4. The lowest BCUT2D eigenvalue weighted by Gasteiger charge is -2.03. The number of nitrogens with one attached hydrogen (secondary N) is 1. The largest absolute Gasteiger partial charge is 0.352 e. The smallest absolute Gasteiger partial charge is 0.243 e. The Kier molecular flexibility index (Phi) is 7.21. The summed E-state index contributed by atoms with van der Waals surface area (Å²) in [5.41, 5.74) is 2.27. The number of carbonyl (C=O) groups is 1. The van der Waals surface area contributed by atoms with Gasteiger partial charge in [0.25, 0.3) is 0 Å². The quantitative estimate of drug-likeness (QED) is 0.495. The Balaban J connectivity index is 2.29. The van der Waals surface area contributed by atoms with E-state index in [1.54, 1.807) is 6.08 Å². The van der Waals surface area contributed by atoms with Gasteiger partial charge in [0.05, 0.1) is 0 Å². The Bertz CT molecular complexity index is 518. The molecular formula is C18H23NO. The number of hydrogen-bond donors (Lipinski definition) is 1. The molecule has 1 aromatic rings. The van der Waals surface area contributed by atoms with Crippen molar-refractivity contribution in [2.75, 3.05) is 6.54 Å². The van der Waals surface area contributed by atoms with Crippen molar-refractivity contribution in [2.24, 2.45) is 5.92 Å². The highest BCUT2D eigenvalue weighted by Gasteiger charge is 1.96. The van der Waals surface area contributed by atoms with E-state index in [9.17, 15) is 4.79 Å². The summed E-state index contributed by atoms with van der Waals surface area (Å²) in [5.74, 6) is 6.75. The summed E-state index contributed by atoms with van der Waals surface area (Å²) in [4.78, 5) is 11.4. The summed E-state index contributed by atoms with van der Waals surface area (Å²) in [6, 6.07) is 8.09. The number of allylic oxidation sites excluding steroid dienone is 1. The molecule has 0 radical (unpaired) electrons. The molecule has 106 valence electrons. The highest BCUT2D eigenvalue weighted by atomic mass is 16.1. The van der Waals surface area contributed by atoms with Gasteiger partial charge in [-0.25, -0.2) is 0 Å². The van der Waals surface area contributed by atoms with Gasteiger partial charge in [0.1, 0.15) is 0 Å². The minimum Gasteiger partial charge on any atom is -0.352 e. The second kappa shape index (κ2) is 8.98. The molecule has 2 heteroatoms. The molecule has 20 heavy (non-hydrogen) atoms. The molecule has 0 atom stereocenters. The number of aryl methyl sites for hydroxylation is 1. The topological polar surface area (TPSA) is 29.1 Å². The number of amides is 1. The summed E-state index contributed by atoms with van der Waals surface area (Å²) in [5, 5.41) is 2.84. The first-order chi connectivity index (χ1) is 9.59. The van der Waals surface area contributed by atoms with Gasteiger partial charge in [-0.2, -0.15) is 0 Å². The fraction of sp³-hybridized carbons (Fsp3) is 0.389. The maximum atomic E-state index is 11.4. The molecule has 0 aliphatic heterocycles. The average molecular weight is 269 g/mol. The van der Waals surface area contributed by atoms with Gasteiger partial charge in [0.15, 0.2) is 0 Å². The second-order valence-electron chi connectivity index (χ2n) is 5.20. The van der Waals surface area contributed by atoms with Gasteiger partial charge >= 0.3 is 0 Å². The molecular weight excluding hydrogens is 246 g/mol. The fourth-order valence-electron chi connectivity index (χ4n) is 1.58. The highest BCUT2D eigenvalue weighted by molar-refractivity contribution is 5.87. The van der Waals surface area contributed by atoms with Crippen LogP contribution >= 0.6 is 0 Å². The van der Waals surface area contributed by atoms with E-state index in [4.69, 9.17) is 0 Å². The molecule has 1 aromatic carbocycles.